The molecule has 176 valence electrons. The highest BCUT2D eigenvalue weighted by Crippen LogP contribution is 2.49. The Kier molecular flexibility index (Phi) is 5.06. The second-order valence-corrected chi connectivity index (χ2v) is 13.4. The zero-order valence-corrected chi connectivity index (χ0v) is 20.8. The summed E-state index contributed by atoms with van der Waals surface area (Å²) in [5.74, 6) is 1.97. The average Bonchev–Trinajstić information content (AvgIpc) is 2.99. The summed E-state index contributed by atoms with van der Waals surface area (Å²) in [6.07, 6.45) is 6.92. The first kappa shape index (κ1) is 21.8. The number of hydrogen-bond acceptors (Lipinski definition) is 6. The van der Waals surface area contributed by atoms with E-state index in [1.165, 1.54) is 12.0 Å². The first-order valence-corrected chi connectivity index (χ1v) is 13.6. The Morgan fingerprint density at radius 2 is 1.85 bits per heavy atom. The lowest BCUT2D eigenvalue weighted by Gasteiger charge is -2.55. The van der Waals surface area contributed by atoms with E-state index in [9.17, 15) is 9.32 Å². The molecule has 2 aromatic rings. The van der Waals surface area contributed by atoms with Gasteiger partial charge >= 0.3 is 0 Å². The molecular weight excluding hydrogens is 456 g/mol. The molecule has 2 saturated carbocycles. The zero-order valence-electron chi connectivity index (χ0n) is 19.2. The van der Waals surface area contributed by atoms with Gasteiger partial charge in [-0.1, -0.05) is 23.7 Å². The number of aliphatic hydroxyl groups is 1. The number of anilines is 2. The third-order valence-corrected chi connectivity index (χ3v) is 10.4. The van der Waals surface area contributed by atoms with Crippen molar-refractivity contribution < 1.29 is 9.32 Å². The predicted octanol–water partition coefficient (Wildman–Crippen LogP) is 4.42. The molecule has 3 aliphatic heterocycles. The molecule has 6 nitrogen and oxygen atoms in total. The number of fused-ring (bicyclic) bond motifs is 3. The van der Waals surface area contributed by atoms with Crippen molar-refractivity contribution in [3.05, 3.63) is 40.5 Å². The fourth-order valence-electron chi connectivity index (χ4n) is 6.13. The van der Waals surface area contributed by atoms with Crippen molar-refractivity contribution in [2.75, 3.05) is 16.8 Å². The first-order valence-electron chi connectivity index (χ1n) is 12.0. The molecule has 2 N–H and O–H groups in total. The van der Waals surface area contributed by atoms with Gasteiger partial charge in [-0.25, -0.2) is 4.98 Å². The summed E-state index contributed by atoms with van der Waals surface area (Å²) in [5, 5.41) is 14.3. The summed E-state index contributed by atoms with van der Waals surface area (Å²) < 4.78 is 13.0. The van der Waals surface area contributed by atoms with Crippen LogP contribution in [0.5, 0.6) is 0 Å². The molecular formula is C25H31ClN4O2S. The Labute approximate surface area is 202 Å². The van der Waals surface area contributed by atoms with Gasteiger partial charge in [0.15, 0.2) is 0 Å². The number of halogens is 1. The first-order chi connectivity index (χ1) is 15.8. The molecule has 4 fully saturated rings. The van der Waals surface area contributed by atoms with Gasteiger partial charge in [0.1, 0.15) is 10.7 Å². The molecule has 0 radical (unpaired) electrons. The van der Waals surface area contributed by atoms with Crippen LogP contribution < -0.4 is 10.2 Å². The maximum absolute atomic E-state index is 13.3. The van der Waals surface area contributed by atoms with Crippen LogP contribution in [0, 0.1) is 0 Å². The van der Waals surface area contributed by atoms with Gasteiger partial charge in [0.25, 0.3) is 0 Å². The molecule has 2 unspecified atom stereocenters. The van der Waals surface area contributed by atoms with Crippen LogP contribution in [0.2, 0.25) is 5.02 Å². The van der Waals surface area contributed by atoms with E-state index < -0.39 is 10.8 Å². The number of aromatic nitrogens is 2. The fourth-order valence-corrected chi connectivity index (χ4v) is 7.68. The van der Waals surface area contributed by atoms with Gasteiger partial charge in [0.05, 0.1) is 33.4 Å². The monoisotopic (exact) mass is 486 g/mol. The Balaban J connectivity index is 1.31. The maximum atomic E-state index is 13.3. The highest BCUT2D eigenvalue weighted by Gasteiger charge is 2.49. The van der Waals surface area contributed by atoms with Gasteiger partial charge in [-0.2, -0.15) is 4.98 Å². The summed E-state index contributed by atoms with van der Waals surface area (Å²) in [4.78, 5) is 13.1. The number of piperidine rings is 1. The van der Waals surface area contributed by atoms with Crippen molar-refractivity contribution in [1.29, 1.82) is 0 Å². The minimum absolute atomic E-state index is 0.0644. The minimum Gasteiger partial charge on any atom is -0.394 e. The van der Waals surface area contributed by atoms with Crippen LogP contribution in [0.15, 0.2) is 29.2 Å². The summed E-state index contributed by atoms with van der Waals surface area (Å²) in [5.41, 5.74) is 1.91. The summed E-state index contributed by atoms with van der Waals surface area (Å²) in [7, 11) is -1.18. The summed E-state index contributed by atoms with van der Waals surface area (Å²) >= 11 is 6.09. The van der Waals surface area contributed by atoms with E-state index in [1.54, 1.807) is 0 Å². The molecule has 2 aliphatic carbocycles. The van der Waals surface area contributed by atoms with Crippen LogP contribution >= 0.6 is 11.6 Å². The van der Waals surface area contributed by atoms with Gasteiger partial charge < -0.3 is 15.3 Å². The van der Waals surface area contributed by atoms with E-state index in [0.29, 0.717) is 30.2 Å². The van der Waals surface area contributed by atoms with Gasteiger partial charge in [0, 0.05) is 23.5 Å². The fraction of sp³-hybridized carbons (Fsp3) is 0.600. The SMILES string of the molecule is CC1(C)Cc2nc(N3C4CC(c5ccc(Cl)cc5)CC3C4)nc(NC3(CO)CCC3)c2[S@]1=O. The smallest absolute Gasteiger partial charge is 0.228 e. The molecule has 1 aromatic heterocycles. The summed E-state index contributed by atoms with van der Waals surface area (Å²) in [6, 6.07) is 9.11. The van der Waals surface area contributed by atoms with Crippen LogP contribution in [0.4, 0.5) is 11.8 Å². The molecule has 0 spiro atoms. The molecule has 7 rings (SSSR count). The number of nitrogens with one attached hydrogen (secondary N) is 1. The lowest BCUT2D eigenvalue weighted by Crippen LogP contribution is -2.61. The van der Waals surface area contributed by atoms with Crippen LogP contribution in [-0.4, -0.2) is 48.3 Å². The average molecular weight is 487 g/mol. The third kappa shape index (κ3) is 3.50. The van der Waals surface area contributed by atoms with Crippen molar-refractivity contribution in [3.63, 3.8) is 0 Å². The lowest BCUT2D eigenvalue weighted by molar-refractivity contribution is 0.143. The third-order valence-electron chi connectivity index (χ3n) is 8.22. The van der Waals surface area contributed by atoms with E-state index in [2.05, 4.69) is 22.3 Å². The van der Waals surface area contributed by atoms with Crippen LogP contribution in [0.3, 0.4) is 0 Å². The van der Waals surface area contributed by atoms with Gasteiger partial charge in [0.2, 0.25) is 5.95 Å². The molecule has 0 amide bonds. The van der Waals surface area contributed by atoms with Crippen LogP contribution in [0.1, 0.15) is 69.5 Å². The molecule has 3 atom stereocenters. The standard InChI is InChI=1S/C25H31ClN4O2S/c1-24(2)13-20-21(33(24)32)22(29-25(14-31)8-3-9-25)28-23(27-20)30-18-10-16(11-19(30)12-18)15-4-6-17(26)7-5-15/h4-7,16,18-19,31H,3,8-14H2,1-2H3,(H,27,28,29)/t16?,18?,19?,33-/m1/s1. The van der Waals surface area contributed by atoms with Crippen molar-refractivity contribution >= 4 is 34.2 Å². The molecule has 8 heteroatoms. The zero-order chi connectivity index (χ0) is 23.0. The molecule has 2 bridgehead atoms. The van der Waals surface area contributed by atoms with E-state index >= 15 is 0 Å². The van der Waals surface area contributed by atoms with Gasteiger partial charge in [-0.3, -0.25) is 4.21 Å². The summed E-state index contributed by atoms with van der Waals surface area (Å²) in [6.45, 7) is 4.14. The molecule has 5 aliphatic rings. The minimum atomic E-state index is -1.18. The van der Waals surface area contributed by atoms with Crippen molar-refractivity contribution in [3.8, 4) is 0 Å². The Morgan fingerprint density at radius 3 is 2.45 bits per heavy atom. The molecule has 2 saturated heterocycles. The van der Waals surface area contributed by atoms with Crippen LogP contribution in [-0.2, 0) is 17.2 Å². The predicted molar refractivity (Wildman–Crippen MR) is 132 cm³/mol. The van der Waals surface area contributed by atoms with Crippen molar-refractivity contribution in [2.45, 2.75) is 92.0 Å². The number of aliphatic hydroxyl groups excluding tert-OH is 1. The number of nitrogens with zero attached hydrogens (tertiary/aromatic N) is 3. The normalized spacial score (nSPS) is 30.8. The number of benzene rings is 1. The van der Waals surface area contributed by atoms with Crippen LogP contribution in [0.25, 0.3) is 0 Å². The highest BCUT2D eigenvalue weighted by atomic mass is 35.5. The Morgan fingerprint density at radius 1 is 1.15 bits per heavy atom. The Bertz CT molecular complexity index is 1100. The Hall–Kier alpha value is -1.70. The van der Waals surface area contributed by atoms with Gasteiger partial charge in [-0.15, -0.1) is 0 Å². The molecule has 1 aromatic carbocycles. The largest absolute Gasteiger partial charge is 0.394 e. The van der Waals surface area contributed by atoms with E-state index in [-0.39, 0.29) is 16.9 Å². The molecule has 33 heavy (non-hydrogen) atoms. The second kappa shape index (κ2) is 7.65. The van der Waals surface area contributed by atoms with E-state index in [0.717, 1.165) is 53.7 Å². The maximum Gasteiger partial charge on any atom is 0.228 e. The highest BCUT2D eigenvalue weighted by molar-refractivity contribution is 7.87. The number of hydrogen-bond donors (Lipinski definition) is 2. The van der Waals surface area contributed by atoms with Crippen molar-refractivity contribution in [2.24, 2.45) is 0 Å². The van der Waals surface area contributed by atoms with Gasteiger partial charge in [-0.05, 0) is 76.0 Å². The second-order valence-electron chi connectivity index (χ2n) is 10.9. The van der Waals surface area contributed by atoms with E-state index in [1.807, 2.05) is 26.0 Å². The van der Waals surface area contributed by atoms with Crippen molar-refractivity contribution in [1.82, 2.24) is 9.97 Å². The quantitative estimate of drug-likeness (QED) is 0.651. The molecule has 4 heterocycles. The topological polar surface area (TPSA) is 78.3 Å². The van der Waals surface area contributed by atoms with E-state index in [4.69, 9.17) is 21.6 Å². The number of rotatable bonds is 5. The lowest BCUT2D eigenvalue weighted by atomic mass is 9.71.